The van der Waals surface area contributed by atoms with Crippen molar-refractivity contribution in [3.05, 3.63) is 35.9 Å². The van der Waals surface area contributed by atoms with Crippen molar-refractivity contribution in [2.45, 2.75) is 17.4 Å². The van der Waals surface area contributed by atoms with Crippen LogP contribution in [0.25, 0.3) is 0 Å². The van der Waals surface area contributed by atoms with Crippen LogP contribution in [0, 0.1) is 0 Å². The van der Waals surface area contributed by atoms with Crippen molar-refractivity contribution in [1.29, 1.82) is 0 Å². The molecule has 0 aromatic heterocycles. The molecule has 0 spiro atoms. The molecule has 1 atom stereocenters. The van der Waals surface area contributed by atoms with Gasteiger partial charge in [-0.3, -0.25) is 0 Å². The summed E-state index contributed by atoms with van der Waals surface area (Å²) in [5.41, 5.74) is 0.723. The van der Waals surface area contributed by atoms with Crippen LogP contribution in [-0.2, 0) is 9.09 Å². The van der Waals surface area contributed by atoms with E-state index in [1.54, 1.807) is 31.2 Å². The summed E-state index contributed by atoms with van der Waals surface area (Å²) in [7, 11) is -4.73. The lowest BCUT2D eigenvalue weighted by Gasteiger charge is -2.27. The molecule has 0 radical (unpaired) electrons. The molecule has 0 heterocycles. The summed E-state index contributed by atoms with van der Waals surface area (Å²) < 4.78 is 13.1. The second-order valence-electron chi connectivity index (χ2n) is 3.28. The largest absolute Gasteiger partial charge is 0.472 e. The van der Waals surface area contributed by atoms with Crippen molar-refractivity contribution in [3.8, 4) is 0 Å². The van der Waals surface area contributed by atoms with E-state index in [0.29, 0.717) is 0 Å². The van der Waals surface area contributed by atoms with Gasteiger partial charge in [0, 0.05) is 5.92 Å². The van der Waals surface area contributed by atoms with Crippen molar-refractivity contribution >= 4 is 31.0 Å². The minimum atomic E-state index is -4.73. The smallest absolute Gasteiger partial charge is 0.303 e. The Morgan fingerprint density at radius 3 is 2.25 bits per heavy atom. The maximum Gasteiger partial charge on any atom is 0.472 e. The monoisotopic (exact) mass is 284 g/mol. The van der Waals surface area contributed by atoms with Gasteiger partial charge in [-0.25, -0.2) is 9.09 Å². The topological polar surface area (TPSA) is 66.8 Å². The molecule has 0 aliphatic heterocycles. The number of benzene rings is 1. The van der Waals surface area contributed by atoms with Crippen LogP contribution in [0.2, 0.25) is 0 Å². The fourth-order valence-electron chi connectivity index (χ4n) is 1.17. The van der Waals surface area contributed by atoms with E-state index in [2.05, 4.69) is 4.52 Å². The van der Waals surface area contributed by atoms with Crippen molar-refractivity contribution in [3.63, 3.8) is 0 Å². The molecule has 1 rings (SSSR count). The molecule has 0 aliphatic carbocycles. The maximum atomic E-state index is 10.7. The molecule has 2 N–H and O–H groups in total. The van der Waals surface area contributed by atoms with E-state index in [1.165, 1.54) is 0 Å². The Morgan fingerprint density at radius 2 is 1.81 bits per heavy atom. The first kappa shape index (κ1) is 14.0. The Balaban J connectivity index is 2.88. The average Bonchev–Trinajstić information content (AvgIpc) is 2.14. The van der Waals surface area contributed by atoms with Crippen molar-refractivity contribution in [1.82, 2.24) is 0 Å². The SMILES string of the molecule is CC(c1ccccc1)C(Cl)(Cl)OP(=O)(O)O. The highest BCUT2D eigenvalue weighted by Gasteiger charge is 2.40. The Hall–Kier alpha value is -0.0900. The average molecular weight is 285 g/mol. The first-order valence-corrected chi connectivity index (χ1v) is 6.70. The zero-order valence-electron chi connectivity index (χ0n) is 8.38. The quantitative estimate of drug-likeness (QED) is 0.659. The normalized spacial score (nSPS) is 14.8. The standard InChI is InChI=1S/C9H11Cl2O4P/c1-7(8-5-3-2-4-6-8)9(10,11)15-16(12,13)14/h2-7H,1H3,(H2,12,13,14). The number of phosphoric acid groups is 1. The third kappa shape index (κ3) is 4.06. The van der Waals surface area contributed by atoms with Crippen molar-refractivity contribution < 1.29 is 18.9 Å². The molecule has 90 valence electrons. The molecule has 4 nitrogen and oxygen atoms in total. The zero-order chi connectivity index (χ0) is 12.4. The van der Waals surface area contributed by atoms with Crippen molar-refractivity contribution in [2.24, 2.45) is 0 Å². The van der Waals surface area contributed by atoms with Gasteiger partial charge in [-0.15, -0.1) is 0 Å². The Kier molecular flexibility index (Phi) is 4.41. The summed E-state index contributed by atoms with van der Waals surface area (Å²) in [6, 6.07) is 8.84. The van der Waals surface area contributed by atoms with E-state index in [1.807, 2.05) is 6.07 Å². The maximum absolute atomic E-state index is 10.7. The zero-order valence-corrected chi connectivity index (χ0v) is 10.8. The minimum absolute atomic E-state index is 0.579. The van der Waals surface area contributed by atoms with E-state index >= 15 is 0 Å². The molecule has 0 saturated carbocycles. The molecule has 0 aliphatic rings. The Morgan fingerprint density at radius 1 is 1.31 bits per heavy atom. The van der Waals surface area contributed by atoms with Crippen LogP contribution in [0.3, 0.4) is 0 Å². The van der Waals surface area contributed by atoms with Crippen LogP contribution >= 0.6 is 31.0 Å². The minimum Gasteiger partial charge on any atom is -0.303 e. The molecule has 7 heteroatoms. The Labute approximate surface area is 103 Å². The van der Waals surface area contributed by atoms with Gasteiger partial charge in [-0.2, -0.15) is 0 Å². The number of hydrogen-bond acceptors (Lipinski definition) is 2. The Bertz CT molecular complexity index is 390. The van der Waals surface area contributed by atoms with Crippen LogP contribution in [0.5, 0.6) is 0 Å². The second kappa shape index (κ2) is 5.05. The van der Waals surface area contributed by atoms with E-state index in [4.69, 9.17) is 33.0 Å². The fraction of sp³-hybridized carbons (Fsp3) is 0.333. The predicted molar refractivity (Wildman–Crippen MR) is 62.4 cm³/mol. The predicted octanol–water partition coefficient (Wildman–Crippen LogP) is 3.03. The number of rotatable bonds is 4. The molecule has 1 aromatic carbocycles. The third-order valence-electron chi connectivity index (χ3n) is 2.04. The van der Waals surface area contributed by atoms with E-state index in [9.17, 15) is 4.57 Å². The van der Waals surface area contributed by atoms with Crippen molar-refractivity contribution in [2.75, 3.05) is 0 Å². The first-order valence-electron chi connectivity index (χ1n) is 4.41. The van der Waals surface area contributed by atoms with Crippen LogP contribution in [0.4, 0.5) is 0 Å². The van der Waals surface area contributed by atoms with Gasteiger partial charge < -0.3 is 9.79 Å². The van der Waals surface area contributed by atoms with Gasteiger partial charge in [-0.1, -0.05) is 60.5 Å². The van der Waals surface area contributed by atoms with Gasteiger partial charge in [-0.05, 0) is 5.56 Å². The summed E-state index contributed by atoms with van der Waals surface area (Å²) in [6.07, 6.45) is 0. The van der Waals surface area contributed by atoms with E-state index < -0.39 is 18.3 Å². The van der Waals surface area contributed by atoms with E-state index in [-0.39, 0.29) is 0 Å². The third-order valence-corrected chi connectivity index (χ3v) is 3.59. The lowest BCUT2D eigenvalue weighted by Crippen LogP contribution is -2.24. The molecular formula is C9H11Cl2O4P. The summed E-state index contributed by atoms with van der Waals surface area (Å²) in [4.78, 5) is 17.3. The van der Waals surface area contributed by atoms with Crippen LogP contribution < -0.4 is 0 Å². The molecular weight excluding hydrogens is 274 g/mol. The van der Waals surface area contributed by atoms with Crippen LogP contribution in [-0.4, -0.2) is 14.3 Å². The highest BCUT2D eigenvalue weighted by atomic mass is 35.5. The lowest BCUT2D eigenvalue weighted by molar-refractivity contribution is 0.141. The second-order valence-corrected chi connectivity index (χ2v) is 5.76. The molecule has 0 amide bonds. The molecule has 16 heavy (non-hydrogen) atoms. The molecule has 1 aromatic rings. The first-order chi connectivity index (χ1) is 7.22. The fourth-order valence-corrected chi connectivity index (χ4v) is 2.44. The number of hydrogen-bond donors (Lipinski definition) is 2. The molecule has 0 bridgehead atoms. The summed E-state index contributed by atoms with van der Waals surface area (Å²) in [5, 5.41) is 0. The highest BCUT2D eigenvalue weighted by molar-refractivity contribution is 7.46. The summed E-state index contributed by atoms with van der Waals surface area (Å²) in [5.74, 6) is -0.579. The van der Waals surface area contributed by atoms with Gasteiger partial charge in [0.15, 0.2) is 0 Å². The van der Waals surface area contributed by atoms with Crippen LogP contribution in [0.1, 0.15) is 18.4 Å². The van der Waals surface area contributed by atoms with Crippen LogP contribution in [0.15, 0.2) is 30.3 Å². The van der Waals surface area contributed by atoms with Gasteiger partial charge in [0.05, 0.1) is 0 Å². The molecule has 0 saturated heterocycles. The van der Waals surface area contributed by atoms with Gasteiger partial charge in [0.25, 0.3) is 0 Å². The molecule has 1 unspecified atom stereocenters. The van der Waals surface area contributed by atoms with Gasteiger partial charge >= 0.3 is 7.82 Å². The number of alkyl halides is 2. The number of phosphoric ester groups is 1. The van der Waals surface area contributed by atoms with Gasteiger partial charge in [0.2, 0.25) is 4.52 Å². The van der Waals surface area contributed by atoms with Gasteiger partial charge in [0.1, 0.15) is 0 Å². The lowest BCUT2D eigenvalue weighted by atomic mass is 10.0. The number of halogens is 2. The summed E-state index contributed by atoms with van der Waals surface area (Å²) in [6.45, 7) is 1.62. The highest BCUT2D eigenvalue weighted by Crippen LogP contribution is 2.50. The summed E-state index contributed by atoms with van der Waals surface area (Å²) >= 11 is 11.5. The molecule has 0 fully saturated rings. The van der Waals surface area contributed by atoms with E-state index in [0.717, 1.165) is 5.56 Å².